The molecule has 1 unspecified atom stereocenters. The molecule has 0 aliphatic rings. The van der Waals surface area contributed by atoms with Crippen LogP contribution in [-0.4, -0.2) is 21.2 Å². The summed E-state index contributed by atoms with van der Waals surface area (Å²) < 4.78 is 4.81. The molecule has 2 nitrogen and oxygen atoms in total. The molecule has 0 saturated carbocycles. The van der Waals surface area contributed by atoms with Crippen LogP contribution in [0.2, 0.25) is 18.6 Å². The second-order valence-electron chi connectivity index (χ2n) is 5.00. The van der Waals surface area contributed by atoms with Crippen LogP contribution in [0.5, 0.6) is 0 Å². The fraction of sp³-hybridized carbons (Fsp3) is 0.400. The number of ether oxygens (including phenoxy) is 1. The Balaban J connectivity index is 3.00. The van der Waals surface area contributed by atoms with E-state index >= 15 is 0 Å². The van der Waals surface area contributed by atoms with Crippen LogP contribution >= 0.6 is 0 Å². The normalized spacial score (nSPS) is 13.6. The number of hydrogen-bond acceptors (Lipinski definition) is 2. The van der Waals surface area contributed by atoms with Gasteiger partial charge in [0.05, 0.1) is 15.2 Å². The summed E-state index contributed by atoms with van der Waals surface area (Å²) in [5, 5.41) is 1.37. The number of rotatable bonds is 5. The Morgan fingerprint density at radius 2 is 1.94 bits per heavy atom. The molecule has 0 aliphatic carbocycles. The molecule has 0 bridgehead atoms. The maximum atomic E-state index is 11.5. The number of esters is 1. The van der Waals surface area contributed by atoms with Gasteiger partial charge in [-0.05, 0) is 12.5 Å². The van der Waals surface area contributed by atoms with Gasteiger partial charge in [-0.3, -0.25) is 4.79 Å². The summed E-state index contributed by atoms with van der Waals surface area (Å²) in [5.74, 6) is -0.130. The highest BCUT2D eigenvalue weighted by Crippen LogP contribution is 2.27. The van der Waals surface area contributed by atoms with E-state index in [1.807, 2.05) is 19.1 Å². The van der Waals surface area contributed by atoms with E-state index in [1.165, 1.54) is 12.3 Å². The zero-order chi connectivity index (χ0) is 13.6. The number of hydrogen-bond donors (Lipinski definition) is 0. The number of methoxy groups -OCH3 is 1. The molecular formula is C15H22O2Si. The maximum Gasteiger partial charge on any atom is 0.305 e. The predicted molar refractivity (Wildman–Crippen MR) is 78.8 cm³/mol. The third-order valence-electron chi connectivity index (χ3n) is 3.48. The van der Waals surface area contributed by atoms with Crippen LogP contribution in [0.15, 0.2) is 42.5 Å². The molecule has 0 heterocycles. The molecular weight excluding hydrogens is 240 g/mol. The van der Waals surface area contributed by atoms with Gasteiger partial charge in [0.25, 0.3) is 0 Å². The Labute approximate surface area is 111 Å². The molecule has 0 fully saturated rings. The van der Waals surface area contributed by atoms with Crippen molar-refractivity contribution in [3.63, 3.8) is 0 Å². The zero-order valence-electron chi connectivity index (χ0n) is 11.6. The van der Waals surface area contributed by atoms with Gasteiger partial charge in [-0.2, -0.15) is 0 Å². The Morgan fingerprint density at radius 3 is 2.44 bits per heavy atom. The Morgan fingerprint density at radius 1 is 1.33 bits per heavy atom. The summed E-state index contributed by atoms with van der Waals surface area (Å²) in [7, 11) is -0.246. The average molecular weight is 262 g/mol. The molecule has 1 aromatic rings. The fourth-order valence-electron chi connectivity index (χ4n) is 2.14. The van der Waals surface area contributed by atoms with Gasteiger partial charge < -0.3 is 4.74 Å². The largest absolute Gasteiger partial charge is 0.469 e. The highest BCUT2D eigenvalue weighted by atomic mass is 28.3. The smallest absolute Gasteiger partial charge is 0.305 e. The first kappa shape index (κ1) is 14.7. The first-order chi connectivity index (χ1) is 8.52. The summed E-state index contributed by atoms with van der Waals surface area (Å²) in [6.07, 6.45) is 4.65. The average Bonchev–Trinajstić information content (AvgIpc) is 2.39. The van der Waals surface area contributed by atoms with Gasteiger partial charge in [-0.25, -0.2) is 0 Å². The molecule has 1 rings (SSSR count). The number of benzene rings is 1. The molecule has 0 saturated heterocycles. The van der Waals surface area contributed by atoms with Gasteiger partial charge >= 0.3 is 5.97 Å². The van der Waals surface area contributed by atoms with Crippen LogP contribution in [0.4, 0.5) is 0 Å². The van der Waals surface area contributed by atoms with E-state index in [0.29, 0.717) is 6.42 Å². The van der Waals surface area contributed by atoms with E-state index < -0.39 is 8.07 Å². The lowest BCUT2D eigenvalue weighted by molar-refractivity contribution is -0.140. The summed E-state index contributed by atoms with van der Waals surface area (Å²) in [6, 6.07) is 10.5. The zero-order valence-corrected chi connectivity index (χ0v) is 12.6. The summed E-state index contributed by atoms with van der Waals surface area (Å²) in [6.45, 7) is 6.60. The monoisotopic (exact) mass is 262 g/mol. The van der Waals surface area contributed by atoms with Crippen LogP contribution in [0, 0.1) is 0 Å². The molecule has 0 radical (unpaired) electrons. The minimum Gasteiger partial charge on any atom is -0.469 e. The lowest BCUT2D eigenvalue weighted by atomic mass is 10.3. The molecule has 0 aliphatic heterocycles. The first-order valence-corrected chi connectivity index (χ1v) is 9.35. The fourth-order valence-corrected chi connectivity index (χ4v) is 4.97. The quantitative estimate of drug-likeness (QED) is 0.463. The Hall–Kier alpha value is -1.35. The number of allylic oxidation sites excluding steroid dienone is 2. The highest BCUT2D eigenvalue weighted by Gasteiger charge is 2.33. The van der Waals surface area contributed by atoms with Crippen molar-refractivity contribution in [3.8, 4) is 0 Å². The van der Waals surface area contributed by atoms with Gasteiger partial charge in [0.15, 0.2) is 0 Å². The third kappa shape index (κ3) is 3.57. The van der Waals surface area contributed by atoms with E-state index in [1.54, 1.807) is 0 Å². The van der Waals surface area contributed by atoms with Crippen molar-refractivity contribution < 1.29 is 9.53 Å². The second-order valence-corrected chi connectivity index (χ2v) is 9.76. The molecule has 0 aromatic heterocycles. The van der Waals surface area contributed by atoms with Crippen LogP contribution in [0.25, 0.3) is 0 Å². The van der Waals surface area contributed by atoms with Crippen LogP contribution in [0.3, 0.4) is 0 Å². The van der Waals surface area contributed by atoms with Gasteiger partial charge in [0.1, 0.15) is 0 Å². The van der Waals surface area contributed by atoms with Crippen molar-refractivity contribution in [1.29, 1.82) is 0 Å². The van der Waals surface area contributed by atoms with Gasteiger partial charge in [-0.15, -0.1) is 0 Å². The minimum absolute atomic E-state index is 0.130. The summed E-state index contributed by atoms with van der Waals surface area (Å²) in [5.41, 5.74) is 0.275. The molecule has 0 N–H and O–H groups in total. The van der Waals surface area contributed by atoms with Crippen molar-refractivity contribution >= 4 is 19.2 Å². The lowest BCUT2D eigenvalue weighted by Crippen LogP contribution is -2.46. The van der Waals surface area contributed by atoms with E-state index in [2.05, 4.69) is 43.4 Å². The SMILES string of the molecule is CC=CC(CC(=O)OC)[Si](C)(C)c1ccccc1. The van der Waals surface area contributed by atoms with Crippen LogP contribution in [0.1, 0.15) is 13.3 Å². The van der Waals surface area contributed by atoms with E-state index in [4.69, 9.17) is 4.74 Å². The minimum atomic E-state index is -1.70. The first-order valence-electron chi connectivity index (χ1n) is 6.27. The third-order valence-corrected chi connectivity index (χ3v) is 7.56. The Kier molecular flexibility index (Phi) is 5.35. The molecule has 98 valence electrons. The van der Waals surface area contributed by atoms with Crippen molar-refractivity contribution in [2.75, 3.05) is 7.11 Å². The highest BCUT2D eigenvalue weighted by molar-refractivity contribution is 6.91. The van der Waals surface area contributed by atoms with E-state index in [-0.39, 0.29) is 11.5 Å². The molecule has 1 aromatic carbocycles. The van der Waals surface area contributed by atoms with E-state index in [0.717, 1.165) is 0 Å². The standard InChI is InChI=1S/C15H22O2Si/c1-5-9-14(12-15(16)17-2)18(3,4)13-10-7-6-8-11-13/h5-11,14H,12H2,1-4H3. The van der Waals surface area contributed by atoms with Crippen molar-refractivity contribution in [3.05, 3.63) is 42.5 Å². The summed E-state index contributed by atoms with van der Waals surface area (Å²) in [4.78, 5) is 11.5. The molecule has 3 heteroatoms. The maximum absolute atomic E-state index is 11.5. The van der Waals surface area contributed by atoms with Crippen LogP contribution < -0.4 is 5.19 Å². The van der Waals surface area contributed by atoms with Crippen molar-refractivity contribution in [1.82, 2.24) is 0 Å². The Bertz CT molecular complexity index is 410. The molecule has 18 heavy (non-hydrogen) atoms. The number of carbonyl (C=O) groups is 1. The van der Waals surface area contributed by atoms with Gasteiger partial charge in [0, 0.05) is 6.42 Å². The summed E-state index contributed by atoms with van der Waals surface area (Å²) >= 11 is 0. The molecule has 0 amide bonds. The van der Waals surface area contributed by atoms with Crippen LogP contribution in [-0.2, 0) is 9.53 Å². The van der Waals surface area contributed by atoms with Gasteiger partial charge in [0.2, 0.25) is 0 Å². The predicted octanol–water partition coefficient (Wildman–Crippen LogP) is 3.11. The van der Waals surface area contributed by atoms with E-state index in [9.17, 15) is 4.79 Å². The van der Waals surface area contributed by atoms with Crippen molar-refractivity contribution in [2.45, 2.75) is 32.0 Å². The molecule has 0 spiro atoms. The van der Waals surface area contributed by atoms with Crippen molar-refractivity contribution in [2.24, 2.45) is 0 Å². The molecule has 1 atom stereocenters. The lowest BCUT2D eigenvalue weighted by Gasteiger charge is -2.30. The van der Waals surface area contributed by atoms with Gasteiger partial charge in [-0.1, -0.05) is 60.8 Å². The number of carbonyl (C=O) groups excluding carboxylic acids is 1. The second kappa shape index (κ2) is 6.54. The topological polar surface area (TPSA) is 26.3 Å².